The number of halogens is 4. The van der Waals surface area contributed by atoms with Gasteiger partial charge in [0, 0.05) is 29.9 Å². The third-order valence-corrected chi connectivity index (χ3v) is 4.57. The van der Waals surface area contributed by atoms with Gasteiger partial charge in [-0.1, -0.05) is 40.2 Å². The molecule has 0 aliphatic heterocycles. The lowest BCUT2D eigenvalue weighted by Crippen LogP contribution is -2.35. The maximum absolute atomic E-state index is 13.0. The van der Waals surface area contributed by atoms with E-state index < -0.39 is 30.1 Å². The summed E-state index contributed by atoms with van der Waals surface area (Å²) in [4.78, 5) is 37.4. The molecule has 2 rings (SSSR count). The summed E-state index contributed by atoms with van der Waals surface area (Å²) in [6, 6.07) is 11.3. The largest absolute Gasteiger partial charge is 0.418 e. The zero-order valence-electron chi connectivity index (χ0n) is 15.4. The van der Waals surface area contributed by atoms with E-state index in [2.05, 4.69) is 21.2 Å². The number of hydrogen-bond donors (Lipinski definition) is 1. The molecule has 0 unspecified atom stereocenters. The fourth-order valence-electron chi connectivity index (χ4n) is 2.52. The Balaban J connectivity index is 1.88. The minimum absolute atomic E-state index is 0.0384. The average Bonchev–Trinajstić information content (AvgIpc) is 2.65. The van der Waals surface area contributed by atoms with Gasteiger partial charge in [0.25, 0.3) is 0 Å². The molecule has 0 heterocycles. The summed E-state index contributed by atoms with van der Waals surface area (Å²) in [6.07, 6.45) is -4.76. The van der Waals surface area contributed by atoms with Crippen LogP contribution in [0.3, 0.4) is 0 Å². The number of para-hydroxylation sites is 1. The lowest BCUT2D eigenvalue weighted by Gasteiger charge is -2.18. The Hall–Kier alpha value is -2.68. The first-order valence-corrected chi connectivity index (χ1v) is 9.36. The van der Waals surface area contributed by atoms with Crippen LogP contribution in [0.5, 0.6) is 0 Å². The summed E-state index contributed by atoms with van der Waals surface area (Å²) in [5, 5.41) is 2.17. The van der Waals surface area contributed by atoms with Crippen LogP contribution in [-0.2, 0) is 15.8 Å². The van der Waals surface area contributed by atoms with Gasteiger partial charge >= 0.3 is 6.18 Å². The van der Waals surface area contributed by atoms with E-state index >= 15 is 0 Å². The number of carbonyl (C=O) groups is 3. The fraction of sp³-hybridized carbons (Fsp3) is 0.250. The lowest BCUT2D eigenvalue weighted by atomic mass is 10.1. The van der Waals surface area contributed by atoms with Gasteiger partial charge in [0.1, 0.15) is 0 Å². The van der Waals surface area contributed by atoms with Crippen LogP contribution in [0.25, 0.3) is 0 Å². The molecule has 9 heteroatoms. The second-order valence-electron chi connectivity index (χ2n) is 6.27. The standard InChI is InChI=1S/C20H18BrF3N2O3/c1-26(19(29)11-10-17(27)13-6-8-14(21)9-7-13)12-18(28)25-16-5-3-2-4-15(16)20(22,23)24/h2-9H,10-12H2,1H3,(H,25,28). The number of nitrogens with one attached hydrogen (secondary N) is 1. The molecule has 2 aromatic carbocycles. The number of rotatable bonds is 7. The molecule has 0 aromatic heterocycles. The molecular formula is C20H18BrF3N2O3. The fourth-order valence-corrected chi connectivity index (χ4v) is 2.79. The van der Waals surface area contributed by atoms with E-state index in [1.165, 1.54) is 19.2 Å². The van der Waals surface area contributed by atoms with Crippen molar-refractivity contribution in [3.8, 4) is 0 Å². The van der Waals surface area contributed by atoms with Crippen molar-refractivity contribution in [1.29, 1.82) is 0 Å². The van der Waals surface area contributed by atoms with Crippen LogP contribution in [0.2, 0.25) is 0 Å². The molecule has 154 valence electrons. The van der Waals surface area contributed by atoms with Crippen LogP contribution in [0.1, 0.15) is 28.8 Å². The van der Waals surface area contributed by atoms with Gasteiger partial charge in [-0.2, -0.15) is 13.2 Å². The molecule has 0 aliphatic carbocycles. The van der Waals surface area contributed by atoms with Crippen molar-refractivity contribution in [1.82, 2.24) is 4.90 Å². The van der Waals surface area contributed by atoms with E-state index in [9.17, 15) is 27.6 Å². The molecule has 0 saturated heterocycles. The minimum atomic E-state index is -4.61. The second kappa shape index (κ2) is 9.69. The van der Waals surface area contributed by atoms with E-state index in [1.807, 2.05) is 0 Å². The van der Waals surface area contributed by atoms with Crippen molar-refractivity contribution in [2.45, 2.75) is 19.0 Å². The van der Waals surface area contributed by atoms with Crippen LogP contribution < -0.4 is 5.32 Å². The van der Waals surface area contributed by atoms with Crippen LogP contribution in [0.15, 0.2) is 53.0 Å². The summed E-state index contributed by atoms with van der Waals surface area (Å²) in [6.45, 7) is -0.433. The summed E-state index contributed by atoms with van der Waals surface area (Å²) in [5.74, 6) is -1.45. The second-order valence-corrected chi connectivity index (χ2v) is 7.19. The topological polar surface area (TPSA) is 66.5 Å². The van der Waals surface area contributed by atoms with E-state index in [0.29, 0.717) is 5.56 Å². The highest BCUT2D eigenvalue weighted by molar-refractivity contribution is 9.10. The number of carbonyl (C=O) groups excluding carboxylic acids is 3. The highest BCUT2D eigenvalue weighted by Crippen LogP contribution is 2.34. The molecule has 0 radical (unpaired) electrons. The molecule has 1 N–H and O–H groups in total. The zero-order valence-corrected chi connectivity index (χ0v) is 17.0. The van der Waals surface area contributed by atoms with Crippen molar-refractivity contribution >= 4 is 39.2 Å². The molecular weight excluding hydrogens is 453 g/mol. The van der Waals surface area contributed by atoms with Gasteiger partial charge in [0.05, 0.1) is 17.8 Å². The molecule has 0 bridgehead atoms. The smallest absolute Gasteiger partial charge is 0.336 e. The van der Waals surface area contributed by atoms with Crippen LogP contribution in [0.4, 0.5) is 18.9 Å². The third-order valence-electron chi connectivity index (χ3n) is 4.05. The maximum Gasteiger partial charge on any atom is 0.418 e. The first-order valence-electron chi connectivity index (χ1n) is 8.56. The highest BCUT2D eigenvalue weighted by Gasteiger charge is 2.33. The Labute approximate surface area is 174 Å². The number of nitrogens with zero attached hydrogens (tertiary/aromatic N) is 1. The molecule has 2 amide bonds. The van der Waals surface area contributed by atoms with Gasteiger partial charge in [0.2, 0.25) is 11.8 Å². The van der Waals surface area contributed by atoms with Gasteiger partial charge in [-0.15, -0.1) is 0 Å². The van der Waals surface area contributed by atoms with Gasteiger partial charge in [-0.25, -0.2) is 0 Å². The van der Waals surface area contributed by atoms with Crippen molar-refractivity contribution in [3.05, 3.63) is 64.1 Å². The number of ketones is 1. The number of benzene rings is 2. The molecule has 0 saturated carbocycles. The molecule has 0 fully saturated rings. The first kappa shape index (κ1) is 22.6. The third kappa shape index (κ3) is 6.70. The number of anilines is 1. The molecule has 0 aliphatic rings. The summed E-state index contributed by atoms with van der Waals surface area (Å²) >= 11 is 3.27. The van der Waals surface area contributed by atoms with E-state index in [0.717, 1.165) is 21.5 Å². The number of alkyl halides is 3. The average molecular weight is 471 g/mol. The molecule has 0 spiro atoms. The predicted molar refractivity (Wildman–Crippen MR) is 105 cm³/mol. The van der Waals surface area contributed by atoms with Gasteiger partial charge in [0.15, 0.2) is 5.78 Å². The first-order chi connectivity index (χ1) is 13.6. The lowest BCUT2D eigenvalue weighted by molar-refractivity contribution is -0.137. The summed E-state index contributed by atoms with van der Waals surface area (Å²) < 4.78 is 39.8. The quantitative estimate of drug-likeness (QED) is 0.604. The summed E-state index contributed by atoms with van der Waals surface area (Å²) in [7, 11) is 1.35. The minimum Gasteiger partial charge on any atom is -0.336 e. The normalized spacial score (nSPS) is 11.1. The van der Waals surface area contributed by atoms with Crippen molar-refractivity contribution < 1.29 is 27.6 Å². The Morgan fingerprint density at radius 3 is 2.24 bits per heavy atom. The van der Waals surface area contributed by atoms with Crippen molar-refractivity contribution in [3.63, 3.8) is 0 Å². The van der Waals surface area contributed by atoms with Gasteiger partial charge in [-0.05, 0) is 24.3 Å². The van der Waals surface area contributed by atoms with Crippen LogP contribution in [-0.4, -0.2) is 36.1 Å². The Morgan fingerprint density at radius 1 is 1.00 bits per heavy atom. The van der Waals surface area contributed by atoms with E-state index in [1.54, 1.807) is 24.3 Å². The summed E-state index contributed by atoms with van der Waals surface area (Å²) in [5.41, 5.74) is -0.885. The van der Waals surface area contributed by atoms with E-state index in [-0.39, 0.29) is 24.3 Å². The number of hydrogen-bond acceptors (Lipinski definition) is 3. The highest BCUT2D eigenvalue weighted by atomic mass is 79.9. The number of Topliss-reactive ketones (excluding diaryl/α,β-unsaturated/α-hetero) is 1. The molecule has 2 aromatic rings. The Kier molecular flexibility index (Phi) is 7.55. The van der Waals surface area contributed by atoms with E-state index in [4.69, 9.17) is 0 Å². The number of amides is 2. The molecule has 5 nitrogen and oxygen atoms in total. The van der Waals surface area contributed by atoms with Crippen LogP contribution >= 0.6 is 15.9 Å². The Morgan fingerprint density at radius 2 is 1.62 bits per heavy atom. The number of likely N-dealkylation sites (N-methyl/N-ethyl adjacent to an activating group) is 1. The van der Waals surface area contributed by atoms with Crippen molar-refractivity contribution in [2.75, 3.05) is 18.9 Å². The zero-order chi connectivity index (χ0) is 21.6. The monoisotopic (exact) mass is 470 g/mol. The van der Waals surface area contributed by atoms with Crippen LogP contribution in [0, 0.1) is 0 Å². The van der Waals surface area contributed by atoms with Gasteiger partial charge in [-0.3, -0.25) is 14.4 Å². The Bertz CT molecular complexity index is 899. The molecule has 0 atom stereocenters. The van der Waals surface area contributed by atoms with Crippen molar-refractivity contribution in [2.24, 2.45) is 0 Å². The van der Waals surface area contributed by atoms with Gasteiger partial charge < -0.3 is 10.2 Å². The SMILES string of the molecule is CN(CC(=O)Nc1ccccc1C(F)(F)F)C(=O)CCC(=O)c1ccc(Br)cc1. The maximum atomic E-state index is 13.0. The molecule has 29 heavy (non-hydrogen) atoms. The predicted octanol–water partition coefficient (Wildman–Crippen LogP) is 4.53.